The normalized spacial score (nSPS) is 34.6. The first-order chi connectivity index (χ1) is 12.1. The van der Waals surface area contributed by atoms with Gasteiger partial charge in [-0.25, -0.2) is 4.79 Å². The lowest BCUT2D eigenvalue weighted by atomic mass is 9.85. The van der Waals surface area contributed by atoms with Crippen LogP contribution in [0.4, 0.5) is 5.69 Å². The Balaban J connectivity index is 1.34. The Bertz CT molecular complexity index is 765. The molecule has 2 saturated heterocycles. The molecule has 2 heterocycles. The molecule has 25 heavy (non-hydrogen) atoms. The van der Waals surface area contributed by atoms with Crippen molar-refractivity contribution in [1.29, 1.82) is 0 Å². The smallest absolute Gasteiger partial charge is 0.338 e. The SMILES string of the molecule is O=C(OCC1CO1)c1ccc(N2C(=O)C3C4C=CC(C4)C3C2=O)cc1. The Morgan fingerprint density at radius 3 is 2.24 bits per heavy atom. The van der Waals surface area contributed by atoms with Crippen molar-refractivity contribution >= 4 is 23.5 Å². The van der Waals surface area contributed by atoms with Gasteiger partial charge in [-0.2, -0.15) is 0 Å². The minimum absolute atomic E-state index is 0.0199. The van der Waals surface area contributed by atoms with Crippen LogP contribution in [-0.2, 0) is 19.1 Å². The number of benzene rings is 1. The van der Waals surface area contributed by atoms with Crippen molar-refractivity contribution in [3.8, 4) is 0 Å². The minimum atomic E-state index is -0.430. The summed E-state index contributed by atoms with van der Waals surface area (Å²) in [5.41, 5.74) is 0.913. The second-order valence-electron chi connectivity index (χ2n) is 7.11. The number of amides is 2. The molecule has 1 aromatic rings. The summed E-state index contributed by atoms with van der Waals surface area (Å²) in [6.45, 7) is 0.882. The highest BCUT2D eigenvalue weighted by atomic mass is 16.6. The van der Waals surface area contributed by atoms with E-state index in [9.17, 15) is 14.4 Å². The number of epoxide rings is 1. The topological polar surface area (TPSA) is 76.2 Å². The average Bonchev–Trinajstić information content (AvgIpc) is 3.12. The van der Waals surface area contributed by atoms with Crippen molar-refractivity contribution in [1.82, 2.24) is 0 Å². The third-order valence-corrected chi connectivity index (χ3v) is 5.63. The number of carbonyl (C=O) groups excluding carboxylic acids is 3. The van der Waals surface area contributed by atoms with Gasteiger partial charge in [0.2, 0.25) is 11.8 Å². The van der Waals surface area contributed by atoms with E-state index in [0.29, 0.717) is 17.9 Å². The molecule has 2 bridgehead atoms. The fourth-order valence-electron chi connectivity index (χ4n) is 4.32. The largest absolute Gasteiger partial charge is 0.459 e. The van der Waals surface area contributed by atoms with E-state index < -0.39 is 5.97 Å². The van der Waals surface area contributed by atoms with Gasteiger partial charge in [0.15, 0.2) is 0 Å². The number of esters is 1. The molecule has 2 aliphatic carbocycles. The first-order valence-corrected chi connectivity index (χ1v) is 8.58. The van der Waals surface area contributed by atoms with Crippen LogP contribution in [0.1, 0.15) is 16.8 Å². The molecule has 4 aliphatic rings. The molecule has 0 spiro atoms. The van der Waals surface area contributed by atoms with E-state index in [-0.39, 0.29) is 48.2 Å². The highest BCUT2D eigenvalue weighted by Gasteiger charge is 2.59. The third-order valence-electron chi connectivity index (χ3n) is 5.63. The molecule has 128 valence electrons. The number of carbonyl (C=O) groups is 3. The molecule has 6 nitrogen and oxygen atoms in total. The first-order valence-electron chi connectivity index (χ1n) is 8.58. The number of fused-ring (bicyclic) bond motifs is 5. The predicted molar refractivity (Wildman–Crippen MR) is 86.7 cm³/mol. The molecule has 2 amide bonds. The summed E-state index contributed by atoms with van der Waals surface area (Å²) in [5, 5.41) is 0. The fourth-order valence-corrected chi connectivity index (χ4v) is 4.32. The van der Waals surface area contributed by atoms with E-state index in [1.807, 2.05) is 0 Å². The molecule has 6 heteroatoms. The minimum Gasteiger partial charge on any atom is -0.459 e. The van der Waals surface area contributed by atoms with Crippen molar-refractivity contribution in [3.63, 3.8) is 0 Å². The van der Waals surface area contributed by atoms with Crippen molar-refractivity contribution in [2.45, 2.75) is 12.5 Å². The molecule has 0 aromatic heterocycles. The molecule has 2 aliphatic heterocycles. The lowest BCUT2D eigenvalue weighted by Gasteiger charge is -2.17. The predicted octanol–water partition coefficient (Wildman–Crippen LogP) is 1.55. The number of imide groups is 1. The Morgan fingerprint density at radius 2 is 1.68 bits per heavy atom. The number of ether oxygens (including phenoxy) is 2. The molecule has 0 N–H and O–H groups in total. The van der Waals surface area contributed by atoms with Gasteiger partial charge in [0.1, 0.15) is 12.7 Å². The lowest BCUT2D eigenvalue weighted by Crippen LogP contribution is -2.32. The van der Waals surface area contributed by atoms with E-state index in [0.717, 1.165) is 6.42 Å². The Kier molecular flexibility index (Phi) is 3.12. The summed E-state index contributed by atoms with van der Waals surface area (Å²) < 4.78 is 10.1. The van der Waals surface area contributed by atoms with E-state index in [1.165, 1.54) is 4.90 Å². The zero-order chi connectivity index (χ0) is 17.1. The summed E-state index contributed by atoms with van der Waals surface area (Å²) in [4.78, 5) is 38.8. The molecule has 3 fully saturated rings. The van der Waals surface area contributed by atoms with E-state index in [4.69, 9.17) is 9.47 Å². The molecule has 0 radical (unpaired) electrons. The summed E-state index contributed by atoms with van der Waals surface area (Å²) in [6.07, 6.45) is 5.08. The zero-order valence-corrected chi connectivity index (χ0v) is 13.5. The number of rotatable bonds is 4. The van der Waals surface area contributed by atoms with Gasteiger partial charge in [-0.3, -0.25) is 14.5 Å². The first kappa shape index (κ1) is 14.8. The Hall–Kier alpha value is -2.47. The molecular formula is C19H17NO5. The van der Waals surface area contributed by atoms with Crippen LogP contribution in [0, 0.1) is 23.7 Å². The highest BCUT2D eigenvalue weighted by Crippen LogP contribution is 2.53. The summed E-state index contributed by atoms with van der Waals surface area (Å²) in [6, 6.07) is 6.45. The van der Waals surface area contributed by atoms with Crippen LogP contribution in [0.15, 0.2) is 36.4 Å². The Labute approximate surface area is 144 Å². The van der Waals surface area contributed by atoms with Crippen LogP contribution < -0.4 is 4.90 Å². The van der Waals surface area contributed by atoms with Gasteiger partial charge in [0, 0.05) is 0 Å². The number of hydrogen-bond acceptors (Lipinski definition) is 5. The second-order valence-corrected chi connectivity index (χ2v) is 7.11. The van der Waals surface area contributed by atoms with Gasteiger partial charge >= 0.3 is 5.97 Å². The standard InChI is InChI=1S/C19H17NO5/c21-17-15-11-1-2-12(7-11)16(15)18(22)20(17)13-5-3-10(4-6-13)19(23)25-9-14-8-24-14/h1-6,11-12,14-16H,7-9H2. The number of anilines is 1. The second kappa shape index (κ2) is 5.26. The fraction of sp³-hybridized carbons (Fsp3) is 0.421. The van der Waals surface area contributed by atoms with Gasteiger partial charge in [-0.15, -0.1) is 0 Å². The molecule has 5 unspecified atom stereocenters. The van der Waals surface area contributed by atoms with Crippen LogP contribution in [0.25, 0.3) is 0 Å². The molecule has 5 atom stereocenters. The quantitative estimate of drug-likeness (QED) is 0.360. The molecular weight excluding hydrogens is 322 g/mol. The third kappa shape index (κ3) is 2.24. The zero-order valence-electron chi connectivity index (χ0n) is 13.5. The van der Waals surface area contributed by atoms with Crippen LogP contribution in [-0.4, -0.2) is 37.1 Å². The van der Waals surface area contributed by atoms with E-state index in [2.05, 4.69) is 12.2 Å². The summed E-state index contributed by atoms with van der Waals surface area (Å²) >= 11 is 0. The number of allylic oxidation sites excluding steroid dienone is 2. The van der Waals surface area contributed by atoms with Crippen LogP contribution in [0.2, 0.25) is 0 Å². The van der Waals surface area contributed by atoms with Gasteiger partial charge in [-0.05, 0) is 42.5 Å². The maximum Gasteiger partial charge on any atom is 0.338 e. The number of nitrogens with zero attached hydrogens (tertiary/aromatic N) is 1. The van der Waals surface area contributed by atoms with Crippen molar-refractivity contribution in [3.05, 3.63) is 42.0 Å². The molecule has 1 saturated carbocycles. The molecule has 5 rings (SSSR count). The van der Waals surface area contributed by atoms with Gasteiger partial charge < -0.3 is 9.47 Å². The van der Waals surface area contributed by atoms with Crippen molar-refractivity contribution in [2.24, 2.45) is 23.7 Å². The van der Waals surface area contributed by atoms with E-state index in [1.54, 1.807) is 24.3 Å². The maximum atomic E-state index is 12.8. The van der Waals surface area contributed by atoms with Crippen LogP contribution in [0.3, 0.4) is 0 Å². The average molecular weight is 339 g/mol. The summed E-state index contributed by atoms with van der Waals surface area (Å²) in [5.74, 6) is -0.719. The van der Waals surface area contributed by atoms with Crippen LogP contribution in [0.5, 0.6) is 0 Å². The van der Waals surface area contributed by atoms with Gasteiger partial charge in [0.05, 0.1) is 29.7 Å². The van der Waals surface area contributed by atoms with Gasteiger partial charge in [0.25, 0.3) is 0 Å². The monoisotopic (exact) mass is 339 g/mol. The van der Waals surface area contributed by atoms with Crippen LogP contribution >= 0.6 is 0 Å². The molecule has 1 aromatic carbocycles. The number of hydrogen-bond donors (Lipinski definition) is 0. The van der Waals surface area contributed by atoms with Crippen molar-refractivity contribution in [2.75, 3.05) is 18.1 Å². The van der Waals surface area contributed by atoms with Gasteiger partial charge in [-0.1, -0.05) is 12.2 Å². The Morgan fingerprint density at radius 1 is 1.08 bits per heavy atom. The lowest BCUT2D eigenvalue weighted by molar-refractivity contribution is -0.123. The highest BCUT2D eigenvalue weighted by molar-refractivity contribution is 6.22. The maximum absolute atomic E-state index is 12.8. The van der Waals surface area contributed by atoms with Crippen molar-refractivity contribution < 1.29 is 23.9 Å². The summed E-state index contributed by atoms with van der Waals surface area (Å²) in [7, 11) is 0. The van der Waals surface area contributed by atoms with E-state index >= 15 is 0 Å².